The first kappa shape index (κ1) is 63.2. The predicted octanol–water partition coefficient (Wildman–Crippen LogP) is 14.5. The molecule has 0 saturated carbocycles. The lowest BCUT2D eigenvalue weighted by Gasteiger charge is -2.11. The molecule has 9 aromatic heterocycles. The highest BCUT2D eigenvalue weighted by Gasteiger charge is 2.19. The molecule has 0 unspecified atom stereocenters. The van der Waals surface area contributed by atoms with Gasteiger partial charge < -0.3 is 48.8 Å². The molecule has 0 saturated heterocycles. The van der Waals surface area contributed by atoms with E-state index in [-0.39, 0.29) is 29.5 Å². The summed E-state index contributed by atoms with van der Waals surface area (Å²) in [5.74, 6) is 2.90. The fourth-order valence-electron chi connectivity index (χ4n) is 9.27. The molecule has 0 aliphatic heterocycles. The third kappa shape index (κ3) is 18.0. The van der Waals surface area contributed by atoms with Crippen LogP contribution < -0.4 is 44.2 Å². The van der Waals surface area contributed by atoms with Crippen LogP contribution in [0.2, 0.25) is 0 Å². The summed E-state index contributed by atoms with van der Waals surface area (Å²) >= 11 is 4.38. The molecular formula is C67H59F2N21S3. The third-order valence-electron chi connectivity index (χ3n) is 13.5. The van der Waals surface area contributed by atoms with Gasteiger partial charge in [0.15, 0.2) is 0 Å². The van der Waals surface area contributed by atoms with Gasteiger partial charge >= 0.3 is 0 Å². The summed E-state index contributed by atoms with van der Waals surface area (Å²) < 4.78 is 30.7. The van der Waals surface area contributed by atoms with Crippen LogP contribution in [0.3, 0.4) is 0 Å². The molecule has 1 aliphatic carbocycles. The van der Waals surface area contributed by atoms with Crippen LogP contribution in [0, 0.1) is 11.6 Å². The van der Waals surface area contributed by atoms with Crippen molar-refractivity contribution >= 4 is 116 Å². The van der Waals surface area contributed by atoms with Crippen molar-refractivity contribution in [1.29, 1.82) is 0 Å². The Morgan fingerprint density at radius 1 is 0.430 bits per heavy atom. The van der Waals surface area contributed by atoms with E-state index < -0.39 is 0 Å². The van der Waals surface area contributed by atoms with Crippen LogP contribution >= 0.6 is 35.3 Å². The van der Waals surface area contributed by atoms with Gasteiger partial charge in [-0.05, 0) is 171 Å². The molecule has 0 fully saturated rings. The minimum Gasteiger partial charge on any atom is -0.368 e. The van der Waals surface area contributed by atoms with Crippen LogP contribution in [0.4, 0.5) is 78.6 Å². The number of anilines is 12. The van der Waals surface area contributed by atoms with Gasteiger partial charge in [0.25, 0.3) is 0 Å². The number of hydrogen-bond acceptors (Lipinski definition) is 23. The Kier molecular flexibility index (Phi) is 21.0. The van der Waals surface area contributed by atoms with E-state index in [1.807, 2.05) is 67.6 Å². The number of pyridine rings is 4. The normalized spacial score (nSPS) is 11.2. The molecular weight excluding hydrogens is 1230 g/mol. The van der Waals surface area contributed by atoms with E-state index >= 15 is 0 Å². The van der Waals surface area contributed by atoms with Gasteiger partial charge in [0, 0.05) is 149 Å². The highest BCUT2D eigenvalue weighted by Crippen LogP contribution is 2.35. The molecule has 26 heteroatoms. The Balaban J connectivity index is 0.000000127. The van der Waals surface area contributed by atoms with E-state index in [0.717, 1.165) is 90.4 Å². The van der Waals surface area contributed by atoms with Gasteiger partial charge in [-0.15, -0.1) is 0 Å². The highest BCUT2D eigenvalue weighted by molar-refractivity contribution is 7.99. The third-order valence-corrected chi connectivity index (χ3v) is 16.7. The molecule has 14 rings (SSSR count). The zero-order chi connectivity index (χ0) is 64.3. The minimum absolute atomic E-state index is 0.162. The largest absolute Gasteiger partial charge is 0.368 e. The molecule has 0 bridgehead atoms. The molecule has 0 atom stereocenters. The number of hydrogen-bond donors (Lipinski definition) is 8. The van der Waals surface area contributed by atoms with E-state index in [1.54, 1.807) is 110 Å². The minimum atomic E-state index is -0.311. The van der Waals surface area contributed by atoms with E-state index in [9.17, 15) is 8.78 Å². The summed E-state index contributed by atoms with van der Waals surface area (Å²) in [6.45, 7) is 1.98. The van der Waals surface area contributed by atoms with Crippen molar-refractivity contribution in [3.05, 3.63) is 248 Å². The Bertz CT molecular complexity index is 4600. The van der Waals surface area contributed by atoms with Gasteiger partial charge in [-0.2, -0.15) is 19.9 Å². The van der Waals surface area contributed by atoms with Crippen molar-refractivity contribution < 1.29 is 8.78 Å². The molecule has 9 heterocycles. The number of nitrogens with zero attached hydrogens (tertiary/aromatic N) is 13. The maximum absolute atomic E-state index is 14.3. The Morgan fingerprint density at radius 3 is 1.47 bits per heavy atom. The van der Waals surface area contributed by atoms with Crippen LogP contribution in [-0.4, -0.2) is 64.4 Å². The van der Waals surface area contributed by atoms with Crippen molar-refractivity contribution in [3.63, 3.8) is 0 Å². The van der Waals surface area contributed by atoms with Crippen LogP contribution in [0.5, 0.6) is 0 Å². The maximum Gasteiger partial charge on any atom is 0.222 e. The summed E-state index contributed by atoms with van der Waals surface area (Å²) in [5, 5.41) is 13.8. The average Bonchev–Trinajstić information content (AvgIpc) is 2.22. The summed E-state index contributed by atoms with van der Waals surface area (Å²) in [5.41, 5.74) is 31.1. The lowest BCUT2D eigenvalue weighted by molar-refractivity contribution is 0.602. The first-order valence-corrected chi connectivity index (χ1v) is 31.3. The molecule has 1 aliphatic rings. The van der Waals surface area contributed by atoms with Crippen LogP contribution in [0.1, 0.15) is 30.3 Å². The smallest absolute Gasteiger partial charge is 0.222 e. The lowest BCUT2D eigenvalue weighted by atomic mass is 10.2. The fourth-order valence-corrected chi connectivity index (χ4v) is 11.7. The SMILES string of the molecule is CCc1cc(Nc2ccc(Sc3ccncc3)c(F)c2)nc(N)n1.Nc1nc2c(c(Nc3ccc4c(ccn4-c4ccncc4)c3)n1)CCC2.Nc1nccc(Nc2ccc(Sc3ccncc3)c(F)c2)n1.Nc1nccc(Nc2ccc(Sc3ccncc3)cc2)n1. The lowest BCUT2D eigenvalue weighted by Crippen LogP contribution is -2.05. The number of aromatic nitrogens is 13. The van der Waals surface area contributed by atoms with Crippen molar-refractivity contribution in [1.82, 2.24) is 64.4 Å². The number of aryl methyl sites for hydroxylation is 2. The second-order valence-corrected chi connectivity index (χ2v) is 23.5. The Hall–Kier alpha value is -11.4. The zero-order valence-electron chi connectivity index (χ0n) is 49.7. The second-order valence-electron chi connectivity index (χ2n) is 20.1. The number of benzene rings is 4. The van der Waals surface area contributed by atoms with Crippen LogP contribution in [-0.2, 0) is 19.3 Å². The Labute approximate surface area is 546 Å². The zero-order valence-corrected chi connectivity index (χ0v) is 52.2. The maximum atomic E-state index is 14.3. The van der Waals surface area contributed by atoms with E-state index in [4.69, 9.17) is 22.9 Å². The summed E-state index contributed by atoms with van der Waals surface area (Å²) in [7, 11) is 0. The van der Waals surface area contributed by atoms with Gasteiger partial charge in [-0.25, -0.2) is 28.7 Å². The number of nitrogens with one attached hydrogen (secondary N) is 4. The number of fused-ring (bicyclic) bond motifs is 2. The van der Waals surface area contributed by atoms with E-state index in [1.165, 1.54) is 47.4 Å². The quantitative estimate of drug-likeness (QED) is 0.0446. The molecule has 12 N–H and O–H groups in total. The molecule has 0 amide bonds. The first-order valence-electron chi connectivity index (χ1n) is 28.9. The van der Waals surface area contributed by atoms with E-state index in [0.29, 0.717) is 44.6 Å². The molecule has 0 radical (unpaired) electrons. The highest BCUT2D eigenvalue weighted by atomic mass is 32.2. The standard InChI is InChI=1S/C20H18N6.C17H16FN5S.C15H12FN5S.C15H13N5S/c21-20-24-17-3-1-2-16(17)19(25-20)23-14-4-5-18-13(12-14)8-11-26(18)15-6-9-22-10-7-15;1-2-11-10-16(23-17(19)22-11)21-12-3-4-15(14(18)9-12)24-13-5-7-20-8-6-13;16-12-9-10(20-14-5-8-19-15(17)21-14)1-2-13(12)22-11-3-6-18-7-4-11;16-15-18-10-7-14(20-15)19-11-1-3-12(4-2-11)21-13-5-8-17-9-6-13/h4-12H,1-3H2,(H3,21,23,24,25);3-10H,2H2,1H3,(H3,19,21,22,23);1-9H,(H3,17,19,20,21);1-10H,(H3,16,18,19,20). The fraction of sp³-hybridized carbons (Fsp3) is 0.0746. The van der Waals surface area contributed by atoms with Crippen molar-refractivity contribution in [2.24, 2.45) is 0 Å². The molecule has 4 aromatic carbocycles. The summed E-state index contributed by atoms with van der Waals surface area (Å²) in [6, 6.07) is 47.0. The molecule has 464 valence electrons. The summed E-state index contributed by atoms with van der Waals surface area (Å²) in [4.78, 5) is 54.0. The Morgan fingerprint density at radius 2 is 0.914 bits per heavy atom. The molecule has 0 spiro atoms. The number of halogens is 2. The van der Waals surface area contributed by atoms with E-state index in [2.05, 4.69) is 128 Å². The summed E-state index contributed by atoms with van der Waals surface area (Å²) in [6.07, 6.45) is 23.0. The molecule has 93 heavy (non-hydrogen) atoms. The number of rotatable bonds is 16. The van der Waals surface area contributed by atoms with Gasteiger partial charge in [0.2, 0.25) is 23.8 Å². The van der Waals surface area contributed by atoms with Crippen LogP contribution in [0.15, 0.2) is 249 Å². The van der Waals surface area contributed by atoms with Gasteiger partial charge in [-0.1, -0.05) is 42.2 Å². The number of nitrogens with two attached hydrogens (primary N) is 4. The van der Waals surface area contributed by atoms with Gasteiger partial charge in [0.1, 0.15) is 34.9 Å². The van der Waals surface area contributed by atoms with Crippen molar-refractivity contribution in [2.45, 2.75) is 62.0 Å². The van der Waals surface area contributed by atoms with Gasteiger partial charge in [0.05, 0.1) is 11.2 Å². The predicted molar refractivity (Wildman–Crippen MR) is 366 cm³/mol. The monoisotopic (exact) mass is 1290 g/mol. The average molecular weight is 1290 g/mol. The second kappa shape index (κ2) is 30.9. The first-order chi connectivity index (χ1) is 45.4. The topological polar surface area (TPSA) is 312 Å². The van der Waals surface area contributed by atoms with Crippen LogP contribution in [0.25, 0.3) is 16.6 Å². The van der Waals surface area contributed by atoms with Gasteiger partial charge in [-0.3, -0.25) is 19.9 Å². The molecule has 21 nitrogen and oxygen atoms in total. The number of nitrogen functional groups attached to an aromatic ring is 4. The van der Waals surface area contributed by atoms with Crippen molar-refractivity contribution in [2.75, 3.05) is 44.2 Å². The van der Waals surface area contributed by atoms with Crippen molar-refractivity contribution in [3.8, 4) is 5.69 Å². The molecule has 13 aromatic rings.